The molecule has 1 saturated heterocycles. The number of amides is 3. The summed E-state index contributed by atoms with van der Waals surface area (Å²) in [4.78, 5) is 50.2. The number of carbonyl (C=O) groups excluding carboxylic acids is 3. The Bertz CT molecular complexity index is 1060. The van der Waals surface area contributed by atoms with Crippen LogP contribution in [0.1, 0.15) is 29.3 Å². The Morgan fingerprint density at radius 1 is 1.10 bits per heavy atom. The molecule has 0 N–H and O–H groups in total. The molecule has 8 heteroatoms. The molecule has 0 bridgehead atoms. The van der Waals surface area contributed by atoms with Gasteiger partial charge >= 0.3 is 0 Å². The van der Waals surface area contributed by atoms with Crippen molar-refractivity contribution >= 4 is 23.4 Å². The Labute approximate surface area is 178 Å². The van der Waals surface area contributed by atoms with E-state index < -0.39 is 34.5 Å². The lowest BCUT2D eigenvalue weighted by atomic mass is 9.78. The second-order valence-electron chi connectivity index (χ2n) is 7.80. The average molecular weight is 419 g/mol. The molecular weight excluding hydrogens is 398 g/mol. The molecule has 0 unspecified atom stereocenters. The van der Waals surface area contributed by atoms with Crippen molar-refractivity contribution in [1.82, 2.24) is 10.0 Å². The SMILES string of the molecule is C[C@@H]1C=CC[C@H]2C(=O)N(N(Cc3ccccc3)C(=O)c3ccc([N+](=O)[O-])cc3)C(=O)[C@H]12. The van der Waals surface area contributed by atoms with Gasteiger partial charge in [-0.15, -0.1) is 0 Å². The van der Waals surface area contributed by atoms with Crippen LogP contribution in [0.25, 0.3) is 0 Å². The largest absolute Gasteiger partial charge is 0.273 e. The first-order valence-electron chi connectivity index (χ1n) is 10.0. The van der Waals surface area contributed by atoms with Gasteiger partial charge in [0.1, 0.15) is 0 Å². The van der Waals surface area contributed by atoms with Crippen LogP contribution in [0.2, 0.25) is 0 Å². The van der Waals surface area contributed by atoms with E-state index in [1.807, 2.05) is 37.3 Å². The van der Waals surface area contributed by atoms with E-state index >= 15 is 0 Å². The summed E-state index contributed by atoms with van der Waals surface area (Å²) in [6.07, 6.45) is 4.29. The van der Waals surface area contributed by atoms with Gasteiger partial charge < -0.3 is 0 Å². The summed E-state index contributed by atoms with van der Waals surface area (Å²) in [5.41, 5.74) is 0.757. The number of hydrazine groups is 1. The van der Waals surface area contributed by atoms with E-state index in [-0.39, 0.29) is 23.7 Å². The van der Waals surface area contributed by atoms with E-state index in [4.69, 9.17) is 0 Å². The summed E-state index contributed by atoms with van der Waals surface area (Å²) in [5, 5.41) is 13.1. The number of nitro benzene ring substituents is 1. The Hall–Kier alpha value is -3.81. The smallest absolute Gasteiger partial charge is 0.272 e. The van der Waals surface area contributed by atoms with Crippen molar-refractivity contribution in [2.75, 3.05) is 0 Å². The fourth-order valence-corrected chi connectivity index (χ4v) is 4.23. The molecule has 1 aliphatic carbocycles. The summed E-state index contributed by atoms with van der Waals surface area (Å²) in [6, 6.07) is 14.2. The van der Waals surface area contributed by atoms with Gasteiger partial charge in [0.05, 0.1) is 23.3 Å². The number of hydrogen-bond acceptors (Lipinski definition) is 5. The molecule has 4 rings (SSSR count). The molecular formula is C23H21N3O5. The van der Waals surface area contributed by atoms with Crippen molar-refractivity contribution in [1.29, 1.82) is 0 Å². The Morgan fingerprint density at radius 2 is 1.77 bits per heavy atom. The maximum Gasteiger partial charge on any atom is 0.273 e. The van der Waals surface area contributed by atoms with Gasteiger partial charge in [-0.2, -0.15) is 5.01 Å². The number of nitro groups is 1. The molecule has 2 aromatic rings. The van der Waals surface area contributed by atoms with Gasteiger partial charge in [0.15, 0.2) is 0 Å². The topological polar surface area (TPSA) is 101 Å². The summed E-state index contributed by atoms with van der Waals surface area (Å²) in [6.45, 7) is 1.91. The molecule has 158 valence electrons. The molecule has 1 heterocycles. The summed E-state index contributed by atoms with van der Waals surface area (Å²) < 4.78 is 0. The molecule has 0 saturated carbocycles. The molecule has 0 aromatic heterocycles. The van der Waals surface area contributed by atoms with E-state index in [1.54, 1.807) is 12.1 Å². The standard InChI is InChI=1S/C23H21N3O5/c1-15-6-5-9-19-20(15)23(29)25(22(19)28)24(14-16-7-3-2-4-8-16)21(27)17-10-12-18(13-11-17)26(30)31/h2-8,10-13,15,19-20H,9,14H2,1H3/t15-,19-,20-/m1/s1. The summed E-state index contributed by atoms with van der Waals surface area (Å²) in [5.74, 6) is -2.45. The van der Waals surface area contributed by atoms with Crippen molar-refractivity contribution in [2.24, 2.45) is 17.8 Å². The number of fused-ring (bicyclic) bond motifs is 1. The third kappa shape index (κ3) is 3.72. The zero-order chi connectivity index (χ0) is 22.1. The normalized spacial score (nSPS) is 22.4. The van der Waals surface area contributed by atoms with E-state index in [9.17, 15) is 24.5 Å². The first kappa shape index (κ1) is 20.5. The van der Waals surface area contributed by atoms with Crippen LogP contribution in [0.15, 0.2) is 66.7 Å². The highest BCUT2D eigenvalue weighted by Gasteiger charge is 2.53. The predicted molar refractivity (Wildman–Crippen MR) is 111 cm³/mol. The minimum Gasteiger partial charge on any atom is -0.272 e. The van der Waals surface area contributed by atoms with Crippen molar-refractivity contribution in [2.45, 2.75) is 19.9 Å². The van der Waals surface area contributed by atoms with Gasteiger partial charge in [-0.25, -0.2) is 5.01 Å². The lowest BCUT2D eigenvalue weighted by Gasteiger charge is -2.31. The zero-order valence-electron chi connectivity index (χ0n) is 16.9. The van der Waals surface area contributed by atoms with Crippen LogP contribution in [-0.4, -0.2) is 32.7 Å². The minimum absolute atomic E-state index is 0.0232. The van der Waals surface area contributed by atoms with Gasteiger partial charge in [0.25, 0.3) is 23.4 Å². The molecule has 31 heavy (non-hydrogen) atoms. The number of rotatable bonds is 5. The summed E-state index contributed by atoms with van der Waals surface area (Å²) in [7, 11) is 0. The Kier molecular flexibility index (Phi) is 5.37. The summed E-state index contributed by atoms with van der Waals surface area (Å²) >= 11 is 0. The second kappa shape index (κ2) is 8.14. The number of carbonyl (C=O) groups is 3. The van der Waals surface area contributed by atoms with Crippen LogP contribution in [0.5, 0.6) is 0 Å². The lowest BCUT2D eigenvalue weighted by Crippen LogP contribution is -2.50. The molecule has 3 amide bonds. The number of non-ortho nitro benzene ring substituents is 1. The highest BCUT2D eigenvalue weighted by molar-refractivity contribution is 6.08. The van der Waals surface area contributed by atoms with Crippen molar-refractivity contribution in [3.05, 3.63) is 88.0 Å². The lowest BCUT2D eigenvalue weighted by molar-refractivity contribution is -0.384. The van der Waals surface area contributed by atoms with E-state index in [1.165, 1.54) is 24.3 Å². The maximum absolute atomic E-state index is 13.4. The first-order valence-corrected chi connectivity index (χ1v) is 10.0. The van der Waals surface area contributed by atoms with Crippen LogP contribution in [0.3, 0.4) is 0 Å². The van der Waals surface area contributed by atoms with Gasteiger partial charge in [0.2, 0.25) is 0 Å². The minimum atomic E-state index is -0.570. The van der Waals surface area contributed by atoms with E-state index in [0.717, 1.165) is 15.6 Å². The van der Waals surface area contributed by atoms with Crippen molar-refractivity contribution in [3.8, 4) is 0 Å². The van der Waals surface area contributed by atoms with Gasteiger partial charge in [-0.3, -0.25) is 24.5 Å². The van der Waals surface area contributed by atoms with Crippen LogP contribution in [0.4, 0.5) is 5.69 Å². The van der Waals surface area contributed by atoms with Crippen LogP contribution in [0, 0.1) is 27.9 Å². The average Bonchev–Trinajstić information content (AvgIpc) is 3.03. The highest BCUT2D eigenvalue weighted by atomic mass is 16.6. The number of imide groups is 1. The van der Waals surface area contributed by atoms with Crippen LogP contribution >= 0.6 is 0 Å². The third-order valence-corrected chi connectivity index (χ3v) is 5.83. The molecule has 0 spiro atoms. The molecule has 1 aliphatic heterocycles. The van der Waals surface area contributed by atoms with Crippen molar-refractivity contribution in [3.63, 3.8) is 0 Å². The van der Waals surface area contributed by atoms with Gasteiger partial charge in [-0.1, -0.05) is 49.4 Å². The van der Waals surface area contributed by atoms with Gasteiger partial charge in [-0.05, 0) is 30.0 Å². The first-order chi connectivity index (χ1) is 14.9. The van der Waals surface area contributed by atoms with Gasteiger partial charge in [0, 0.05) is 17.7 Å². The molecule has 3 atom stereocenters. The highest BCUT2D eigenvalue weighted by Crippen LogP contribution is 2.39. The van der Waals surface area contributed by atoms with Crippen LogP contribution < -0.4 is 0 Å². The quantitative estimate of drug-likeness (QED) is 0.320. The third-order valence-electron chi connectivity index (χ3n) is 5.83. The Morgan fingerprint density at radius 3 is 2.39 bits per heavy atom. The molecule has 0 radical (unpaired) electrons. The molecule has 1 fully saturated rings. The van der Waals surface area contributed by atoms with E-state index in [2.05, 4.69) is 0 Å². The maximum atomic E-state index is 13.4. The zero-order valence-corrected chi connectivity index (χ0v) is 16.9. The number of benzene rings is 2. The fraction of sp³-hybridized carbons (Fsp3) is 0.261. The number of allylic oxidation sites excluding steroid dienone is 2. The fourth-order valence-electron chi connectivity index (χ4n) is 4.23. The predicted octanol–water partition coefficient (Wildman–Crippen LogP) is 3.35. The van der Waals surface area contributed by atoms with E-state index in [0.29, 0.717) is 6.42 Å². The molecule has 8 nitrogen and oxygen atoms in total. The van der Waals surface area contributed by atoms with Crippen LogP contribution in [-0.2, 0) is 16.1 Å². The Balaban J connectivity index is 1.71. The molecule has 2 aliphatic rings. The number of hydrogen-bond donors (Lipinski definition) is 0. The number of nitrogens with zero attached hydrogens (tertiary/aromatic N) is 3. The monoisotopic (exact) mass is 419 g/mol. The molecule has 2 aromatic carbocycles. The second-order valence-corrected chi connectivity index (χ2v) is 7.80. The van der Waals surface area contributed by atoms with Crippen molar-refractivity contribution < 1.29 is 19.3 Å².